The molecule has 2 saturated carbocycles. The van der Waals surface area contributed by atoms with E-state index in [1.54, 1.807) is 0 Å². The molecule has 0 amide bonds. The molecule has 5 atom stereocenters. The van der Waals surface area contributed by atoms with E-state index in [4.69, 9.17) is 0 Å². The van der Waals surface area contributed by atoms with Crippen LogP contribution in [0, 0.1) is 29.1 Å². The number of aliphatic carboxylic acids is 1. The summed E-state index contributed by atoms with van der Waals surface area (Å²) in [5.74, 6) is 1.64. The van der Waals surface area contributed by atoms with Gasteiger partial charge in [-0.2, -0.15) is 0 Å². The van der Waals surface area contributed by atoms with E-state index in [0.717, 1.165) is 38.5 Å². The number of carboxylic acid groups (broad SMARTS) is 1. The Balaban J connectivity index is 1.89. The van der Waals surface area contributed by atoms with Crippen LogP contribution >= 0.6 is 0 Å². The molecule has 3 rings (SSSR count). The number of allylic oxidation sites excluding steroid dienone is 2. The molecule has 0 heterocycles. The Morgan fingerprint density at radius 1 is 1.29 bits per heavy atom. The minimum absolute atomic E-state index is 0.285. The van der Waals surface area contributed by atoms with Gasteiger partial charge in [0.25, 0.3) is 0 Å². The van der Waals surface area contributed by atoms with Crippen LogP contribution in [-0.4, -0.2) is 16.9 Å². The average molecular weight is 290 g/mol. The van der Waals surface area contributed by atoms with E-state index in [0.29, 0.717) is 24.2 Å². The Morgan fingerprint density at radius 2 is 2.05 bits per heavy atom. The van der Waals surface area contributed by atoms with Crippen LogP contribution in [0.2, 0.25) is 0 Å². The van der Waals surface area contributed by atoms with Gasteiger partial charge >= 0.3 is 5.97 Å². The van der Waals surface area contributed by atoms with Crippen LogP contribution in [0.25, 0.3) is 0 Å². The molecule has 3 aliphatic rings. The number of hydrogen-bond donors (Lipinski definition) is 1. The molecule has 116 valence electrons. The molecule has 3 nitrogen and oxygen atoms in total. The number of fused-ring (bicyclic) bond motifs is 3. The van der Waals surface area contributed by atoms with Crippen molar-refractivity contribution >= 4 is 11.8 Å². The van der Waals surface area contributed by atoms with Crippen LogP contribution in [0.3, 0.4) is 0 Å². The van der Waals surface area contributed by atoms with Gasteiger partial charge in [-0.1, -0.05) is 18.9 Å². The molecule has 3 heteroatoms. The molecule has 0 saturated heterocycles. The predicted octanol–water partition coefficient (Wildman–Crippen LogP) is 3.83. The summed E-state index contributed by atoms with van der Waals surface area (Å²) < 4.78 is 0. The summed E-state index contributed by atoms with van der Waals surface area (Å²) in [5, 5.41) is 9.70. The highest BCUT2D eigenvalue weighted by molar-refractivity contribution is 5.91. The van der Waals surface area contributed by atoms with Gasteiger partial charge in [-0.25, -0.2) is 0 Å². The second kappa shape index (κ2) is 5.26. The smallest absolute Gasteiger partial charge is 0.309 e. The number of carboxylic acids is 1. The zero-order chi connectivity index (χ0) is 15.2. The summed E-state index contributed by atoms with van der Waals surface area (Å²) in [5.41, 5.74) is 0.808. The highest BCUT2D eigenvalue weighted by Crippen LogP contribution is 2.57. The second-order valence-corrected chi connectivity index (χ2v) is 7.47. The normalized spacial score (nSPS) is 42.8. The van der Waals surface area contributed by atoms with Gasteiger partial charge in [0.1, 0.15) is 0 Å². The fourth-order valence-corrected chi connectivity index (χ4v) is 5.52. The Bertz CT molecular complexity index is 493. The lowest BCUT2D eigenvalue weighted by molar-refractivity contribution is -0.159. The first kappa shape index (κ1) is 14.8. The molecule has 0 aromatic heterocycles. The summed E-state index contributed by atoms with van der Waals surface area (Å²) in [6.07, 6.45) is 8.41. The molecule has 1 N–H and O–H groups in total. The number of rotatable bonds is 2. The molecule has 0 unspecified atom stereocenters. The van der Waals surface area contributed by atoms with Crippen molar-refractivity contribution in [2.45, 2.75) is 58.8 Å². The molecule has 0 aliphatic heterocycles. The van der Waals surface area contributed by atoms with Crippen molar-refractivity contribution in [3.63, 3.8) is 0 Å². The molecular formula is C18H26O3. The summed E-state index contributed by atoms with van der Waals surface area (Å²) in [6.45, 7) is 4.10. The Morgan fingerprint density at radius 3 is 2.71 bits per heavy atom. The highest BCUT2D eigenvalue weighted by atomic mass is 16.4. The molecule has 21 heavy (non-hydrogen) atoms. The molecular weight excluding hydrogens is 264 g/mol. The molecule has 0 spiro atoms. The van der Waals surface area contributed by atoms with Crippen LogP contribution in [0.1, 0.15) is 58.8 Å². The first-order valence-electron chi connectivity index (χ1n) is 8.44. The lowest BCUT2D eigenvalue weighted by atomic mass is 9.51. The van der Waals surface area contributed by atoms with Gasteiger partial charge in [0, 0.05) is 6.42 Å². The molecule has 2 fully saturated rings. The zero-order valence-electron chi connectivity index (χ0n) is 13.1. The van der Waals surface area contributed by atoms with Crippen LogP contribution in [0.15, 0.2) is 11.6 Å². The van der Waals surface area contributed by atoms with E-state index in [9.17, 15) is 14.7 Å². The largest absolute Gasteiger partial charge is 0.481 e. The average Bonchev–Trinajstić information content (AvgIpc) is 2.46. The van der Waals surface area contributed by atoms with Gasteiger partial charge in [0.05, 0.1) is 5.41 Å². The van der Waals surface area contributed by atoms with E-state index in [-0.39, 0.29) is 11.7 Å². The number of ketones is 1. The van der Waals surface area contributed by atoms with E-state index < -0.39 is 11.4 Å². The fraction of sp³-hybridized carbons (Fsp3) is 0.778. The van der Waals surface area contributed by atoms with Gasteiger partial charge in [0.2, 0.25) is 0 Å². The predicted molar refractivity (Wildman–Crippen MR) is 80.8 cm³/mol. The molecule has 3 aliphatic carbocycles. The topological polar surface area (TPSA) is 54.4 Å². The monoisotopic (exact) mass is 290 g/mol. The maximum absolute atomic E-state index is 11.8. The maximum Gasteiger partial charge on any atom is 0.309 e. The molecule has 0 radical (unpaired) electrons. The molecule has 0 aromatic carbocycles. The standard InChI is InChI=1S/C18H26O3/c1-3-16-15-6-4-11-10-12(19)5-7-13(11)14(15)8-9-18(16,2)17(20)21/h10,13-16H,3-9H2,1-2H3,(H,20,21)/t13-,14+,15+,16-,18-/m0/s1. The van der Waals surface area contributed by atoms with Gasteiger partial charge in [-0.15, -0.1) is 0 Å². The van der Waals surface area contributed by atoms with Gasteiger partial charge < -0.3 is 5.11 Å². The summed E-state index contributed by atoms with van der Waals surface area (Å²) in [6, 6.07) is 0. The van der Waals surface area contributed by atoms with Gasteiger partial charge in [-0.05, 0) is 68.8 Å². The number of carbonyl (C=O) groups excluding carboxylic acids is 1. The number of hydrogen-bond acceptors (Lipinski definition) is 2. The van der Waals surface area contributed by atoms with Crippen molar-refractivity contribution in [3.05, 3.63) is 11.6 Å². The third-order valence-corrected chi connectivity index (χ3v) is 6.62. The first-order chi connectivity index (χ1) is 9.97. The van der Waals surface area contributed by atoms with Crippen LogP contribution in [0.5, 0.6) is 0 Å². The Hall–Kier alpha value is -1.12. The third-order valence-electron chi connectivity index (χ3n) is 6.62. The lowest BCUT2D eigenvalue weighted by Crippen LogP contribution is -2.49. The first-order valence-corrected chi connectivity index (χ1v) is 8.44. The minimum atomic E-state index is -0.618. The Kier molecular flexibility index (Phi) is 3.71. The van der Waals surface area contributed by atoms with E-state index in [1.165, 1.54) is 5.57 Å². The van der Waals surface area contributed by atoms with E-state index in [1.807, 2.05) is 13.0 Å². The van der Waals surface area contributed by atoms with Gasteiger partial charge in [0.15, 0.2) is 5.78 Å². The highest BCUT2D eigenvalue weighted by Gasteiger charge is 2.53. The van der Waals surface area contributed by atoms with Crippen molar-refractivity contribution in [2.75, 3.05) is 0 Å². The fourth-order valence-electron chi connectivity index (χ4n) is 5.52. The lowest BCUT2D eigenvalue weighted by Gasteiger charge is -2.53. The maximum atomic E-state index is 11.8. The van der Waals surface area contributed by atoms with Crippen LogP contribution in [-0.2, 0) is 9.59 Å². The summed E-state index contributed by atoms with van der Waals surface area (Å²) >= 11 is 0. The quantitative estimate of drug-likeness (QED) is 0.841. The van der Waals surface area contributed by atoms with Crippen molar-refractivity contribution in [3.8, 4) is 0 Å². The Labute approximate surface area is 126 Å². The van der Waals surface area contributed by atoms with Crippen molar-refractivity contribution < 1.29 is 14.7 Å². The number of carbonyl (C=O) groups is 2. The van der Waals surface area contributed by atoms with E-state index in [2.05, 4.69) is 6.92 Å². The van der Waals surface area contributed by atoms with Crippen LogP contribution < -0.4 is 0 Å². The second-order valence-electron chi connectivity index (χ2n) is 7.47. The van der Waals surface area contributed by atoms with Crippen molar-refractivity contribution in [2.24, 2.45) is 29.1 Å². The SMILES string of the molecule is CC[C@H]1[C@@H]2CCC3=CC(=O)CC[C@@H]3[C@H]2CC[C@]1(C)C(=O)O. The van der Waals surface area contributed by atoms with Gasteiger partial charge in [-0.3, -0.25) is 9.59 Å². The van der Waals surface area contributed by atoms with Crippen molar-refractivity contribution in [1.29, 1.82) is 0 Å². The molecule has 0 aromatic rings. The van der Waals surface area contributed by atoms with Crippen molar-refractivity contribution in [1.82, 2.24) is 0 Å². The third kappa shape index (κ3) is 2.25. The summed E-state index contributed by atoms with van der Waals surface area (Å²) in [7, 11) is 0. The zero-order valence-corrected chi connectivity index (χ0v) is 13.1. The van der Waals surface area contributed by atoms with Crippen LogP contribution in [0.4, 0.5) is 0 Å². The minimum Gasteiger partial charge on any atom is -0.481 e. The van der Waals surface area contributed by atoms with E-state index >= 15 is 0 Å². The summed E-state index contributed by atoms with van der Waals surface area (Å²) in [4.78, 5) is 23.4. The molecule has 0 bridgehead atoms.